The van der Waals surface area contributed by atoms with Crippen molar-refractivity contribution in [3.05, 3.63) is 75.8 Å². The second kappa shape index (κ2) is 8.48. The van der Waals surface area contributed by atoms with Gasteiger partial charge >= 0.3 is 0 Å². The molecule has 3 rings (SSSR count). The molecule has 0 saturated carbocycles. The number of hydrogen-bond acceptors (Lipinski definition) is 3. The van der Waals surface area contributed by atoms with Gasteiger partial charge in [0, 0.05) is 34.3 Å². The first kappa shape index (κ1) is 19.9. The maximum absolute atomic E-state index is 14.5. The van der Waals surface area contributed by atoms with Crippen LogP contribution in [0.4, 0.5) is 10.1 Å². The summed E-state index contributed by atoms with van der Waals surface area (Å²) < 4.78 is 16.9. The quantitative estimate of drug-likeness (QED) is 0.545. The number of hydrogen-bond donors (Lipinski definition) is 1. The van der Waals surface area contributed by atoms with E-state index < -0.39 is 5.82 Å². The Hall–Kier alpha value is -2.80. The van der Waals surface area contributed by atoms with Crippen LogP contribution in [0.2, 0.25) is 0 Å². The fourth-order valence-electron chi connectivity index (χ4n) is 2.86. The summed E-state index contributed by atoms with van der Waals surface area (Å²) in [6.07, 6.45) is 0.107. The molecule has 28 heavy (non-hydrogen) atoms. The topological polar surface area (TPSA) is 64.0 Å². The van der Waals surface area contributed by atoms with Crippen molar-refractivity contribution in [3.8, 4) is 5.69 Å². The van der Waals surface area contributed by atoms with Gasteiger partial charge < -0.3 is 5.32 Å². The van der Waals surface area contributed by atoms with Crippen molar-refractivity contribution in [2.75, 3.05) is 5.32 Å². The Bertz CT molecular complexity index is 1030. The molecular weight excluding hydrogens is 425 g/mol. The van der Waals surface area contributed by atoms with E-state index in [1.807, 2.05) is 19.9 Å². The molecule has 0 spiro atoms. The van der Waals surface area contributed by atoms with Crippen molar-refractivity contribution in [2.24, 2.45) is 0 Å². The van der Waals surface area contributed by atoms with Crippen LogP contribution < -0.4 is 5.32 Å². The Labute approximate surface area is 170 Å². The third kappa shape index (κ3) is 4.72. The van der Waals surface area contributed by atoms with Crippen molar-refractivity contribution in [1.82, 2.24) is 9.78 Å². The number of ketones is 1. The molecule has 0 aliphatic carbocycles. The first-order chi connectivity index (χ1) is 13.3. The van der Waals surface area contributed by atoms with Crippen molar-refractivity contribution in [2.45, 2.75) is 26.7 Å². The molecule has 5 nitrogen and oxygen atoms in total. The van der Waals surface area contributed by atoms with Crippen molar-refractivity contribution in [1.29, 1.82) is 0 Å². The monoisotopic (exact) mass is 443 g/mol. The molecule has 1 heterocycles. The van der Waals surface area contributed by atoms with Gasteiger partial charge in [0.15, 0.2) is 11.6 Å². The van der Waals surface area contributed by atoms with Crippen LogP contribution in [0, 0.1) is 19.7 Å². The molecule has 0 unspecified atom stereocenters. The summed E-state index contributed by atoms with van der Waals surface area (Å²) in [4.78, 5) is 24.3. The highest BCUT2D eigenvalue weighted by Gasteiger charge is 2.13. The Morgan fingerprint density at radius 1 is 1.07 bits per heavy atom. The molecule has 0 bridgehead atoms. The third-order valence-electron chi connectivity index (χ3n) is 4.21. The van der Waals surface area contributed by atoms with Crippen LogP contribution in [-0.4, -0.2) is 21.5 Å². The van der Waals surface area contributed by atoms with Crippen LogP contribution in [0.1, 0.15) is 34.6 Å². The summed E-state index contributed by atoms with van der Waals surface area (Å²) in [6.45, 7) is 3.68. The van der Waals surface area contributed by atoms with E-state index in [1.165, 1.54) is 10.7 Å². The van der Waals surface area contributed by atoms with Crippen LogP contribution in [-0.2, 0) is 4.79 Å². The Morgan fingerprint density at radius 2 is 1.79 bits per heavy atom. The minimum Gasteiger partial charge on any atom is -0.326 e. The standard InChI is InChI=1S/C21H19BrFN3O2/c1-13-11-14(2)26(25-13)19-8-7-17(12-18(19)23)24-21(28)10-9-20(27)15-3-5-16(22)6-4-15/h3-8,11-12H,9-10H2,1-2H3,(H,24,28). The van der Waals surface area contributed by atoms with E-state index in [0.29, 0.717) is 16.9 Å². The van der Waals surface area contributed by atoms with Gasteiger partial charge in [0.05, 0.1) is 5.69 Å². The van der Waals surface area contributed by atoms with Crippen LogP contribution >= 0.6 is 15.9 Å². The van der Waals surface area contributed by atoms with Crippen molar-refractivity contribution < 1.29 is 14.0 Å². The number of halogens is 2. The number of carbonyl (C=O) groups excluding carboxylic acids is 2. The van der Waals surface area contributed by atoms with E-state index in [4.69, 9.17) is 0 Å². The van der Waals surface area contributed by atoms with Gasteiger partial charge in [0.1, 0.15) is 5.69 Å². The lowest BCUT2D eigenvalue weighted by Gasteiger charge is -2.09. The molecule has 1 N–H and O–H groups in total. The van der Waals surface area contributed by atoms with Crippen LogP contribution in [0.15, 0.2) is 53.0 Å². The predicted molar refractivity (Wildman–Crippen MR) is 109 cm³/mol. The summed E-state index contributed by atoms with van der Waals surface area (Å²) >= 11 is 3.31. The van der Waals surface area contributed by atoms with Crippen molar-refractivity contribution >= 4 is 33.3 Å². The normalized spacial score (nSPS) is 10.7. The highest BCUT2D eigenvalue weighted by molar-refractivity contribution is 9.10. The largest absolute Gasteiger partial charge is 0.326 e. The number of anilines is 1. The van der Waals surface area contributed by atoms with Crippen LogP contribution in [0.3, 0.4) is 0 Å². The molecule has 1 aromatic heterocycles. The number of nitrogens with zero attached hydrogens (tertiary/aromatic N) is 2. The zero-order valence-electron chi connectivity index (χ0n) is 15.5. The van der Waals surface area contributed by atoms with Gasteiger partial charge in [-0.3, -0.25) is 9.59 Å². The summed E-state index contributed by atoms with van der Waals surface area (Å²) in [5.41, 5.74) is 2.82. The molecule has 0 fully saturated rings. The smallest absolute Gasteiger partial charge is 0.224 e. The molecule has 0 aliphatic rings. The molecule has 144 valence electrons. The lowest BCUT2D eigenvalue weighted by atomic mass is 10.1. The Balaban J connectivity index is 1.61. The fraction of sp³-hybridized carbons (Fsp3) is 0.190. The molecule has 7 heteroatoms. The molecular formula is C21H19BrFN3O2. The molecule has 0 saturated heterocycles. The summed E-state index contributed by atoms with van der Waals surface area (Å²) in [6, 6.07) is 13.3. The highest BCUT2D eigenvalue weighted by Crippen LogP contribution is 2.20. The molecule has 1 amide bonds. The van der Waals surface area contributed by atoms with Gasteiger partial charge in [0.25, 0.3) is 0 Å². The van der Waals surface area contributed by atoms with Gasteiger partial charge in [-0.25, -0.2) is 9.07 Å². The molecule has 0 atom stereocenters. The van der Waals surface area contributed by atoms with E-state index >= 15 is 0 Å². The van der Waals surface area contributed by atoms with Gasteiger partial charge in [0.2, 0.25) is 5.91 Å². The van der Waals surface area contributed by atoms with E-state index in [2.05, 4.69) is 26.3 Å². The number of carbonyl (C=O) groups is 2. The minimum atomic E-state index is -0.491. The van der Waals surface area contributed by atoms with Crippen molar-refractivity contribution in [3.63, 3.8) is 0 Å². The molecule has 0 radical (unpaired) electrons. The summed E-state index contributed by atoms with van der Waals surface area (Å²) in [7, 11) is 0. The van der Waals surface area contributed by atoms with E-state index in [-0.39, 0.29) is 24.5 Å². The van der Waals surface area contributed by atoms with Crippen LogP contribution in [0.5, 0.6) is 0 Å². The summed E-state index contributed by atoms with van der Waals surface area (Å²) in [5, 5.41) is 6.89. The number of nitrogens with one attached hydrogen (secondary N) is 1. The summed E-state index contributed by atoms with van der Waals surface area (Å²) in [5.74, 6) is -0.952. The van der Waals surface area contributed by atoms with Gasteiger partial charge in [-0.05, 0) is 50.2 Å². The minimum absolute atomic E-state index is 0.0235. The number of aromatic nitrogens is 2. The second-order valence-corrected chi connectivity index (χ2v) is 7.40. The first-order valence-electron chi connectivity index (χ1n) is 8.75. The number of rotatable bonds is 6. The van der Waals surface area contributed by atoms with E-state index in [1.54, 1.807) is 36.4 Å². The maximum Gasteiger partial charge on any atom is 0.224 e. The SMILES string of the molecule is Cc1cc(C)n(-c2ccc(NC(=O)CCC(=O)c3ccc(Br)cc3)cc2F)n1. The Kier molecular flexibility index (Phi) is 6.04. The maximum atomic E-state index is 14.5. The van der Waals surface area contributed by atoms with E-state index in [9.17, 15) is 14.0 Å². The zero-order valence-corrected chi connectivity index (χ0v) is 17.1. The van der Waals surface area contributed by atoms with E-state index in [0.717, 1.165) is 15.9 Å². The average Bonchev–Trinajstić information content (AvgIpc) is 2.98. The number of Topliss-reactive ketones (excluding diaryl/α,β-unsaturated/α-hetero) is 1. The number of benzene rings is 2. The average molecular weight is 444 g/mol. The Morgan fingerprint density at radius 3 is 2.39 bits per heavy atom. The molecule has 2 aromatic carbocycles. The second-order valence-electron chi connectivity index (χ2n) is 6.48. The number of amides is 1. The lowest BCUT2D eigenvalue weighted by molar-refractivity contribution is -0.116. The van der Waals surface area contributed by atoms with Gasteiger partial charge in [-0.2, -0.15) is 5.10 Å². The number of aryl methyl sites for hydroxylation is 2. The molecule has 3 aromatic rings. The van der Waals surface area contributed by atoms with Crippen LogP contribution in [0.25, 0.3) is 5.69 Å². The third-order valence-corrected chi connectivity index (χ3v) is 4.74. The van der Waals surface area contributed by atoms with Gasteiger partial charge in [-0.15, -0.1) is 0 Å². The highest BCUT2D eigenvalue weighted by atomic mass is 79.9. The zero-order chi connectivity index (χ0) is 20.3. The predicted octanol–water partition coefficient (Wildman–Crippen LogP) is 4.99. The first-order valence-corrected chi connectivity index (χ1v) is 9.54. The lowest BCUT2D eigenvalue weighted by Crippen LogP contribution is -2.14. The van der Waals surface area contributed by atoms with Gasteiger partial charge in [-0.1, -0.05) is 28.1 Å². The molecule has 0 aliphatic heterocycles. The fourth-order valence-corrected chi connectivity index (χ4v) is 3.12.